The summed E-state index contributed by atoms with van der Waals surface area (Å²) in [4.78, 5) is 59.0. The zero-order chi connectivity index (χ0) is 50.7. The van der Waals surface area contributed by atoms with Crippen LogP contribution in [-0.4, -0.2) is 135 Å². The van der Waals surface area contributed by atoms with Crippen LogP contribution in [0.1, 0.15) is 64.5 Å². The van der Waals surface area contributed by atoms with Gasteiger partial charge in [-0.1, -0.05) is 20.8 Å². The molecule has 13 N–H and O–H groups in total. The number of hydrogen-bond donors (Lipinski definition) is 12. The molecule has 31 heteroatoms. The Balaban J connectivity index is 0.000000155. The summed E-state index contributed by atoms with van der Waals surface area (Å²) < 4.78 is 22.1. The molecule has 3 aliphatic heterocycles. The molecule has 0 aliphatic carbocycles. The highest BCUT2D eigenvalue weighted by Crippen LogP contribution is 2.47. The van der Waals surface area contributed by atoms with Crippen LogP contribution in [0.2, 0.25) is 0 Å². The van der Waals surface area contributed by atoms with E-state index in [9.17, 15) is 40.2 Å². The first-order chi connectivity index (χ1) is 33.6. The molecule has 0 aromatic carbocycles. The Labute approximate surface area is 393 Å². The van der Waals surface area contributed by atoms with Crippen LogP contribution in [0.3, 0.4) is 0 Å². The number of fused-ring (bicyclic) bond motifs is 3. The highest BCUT2D eigenvalue weighted by atomic mass is 16.6. The van der Waals surface area contributed by atoms with Gasteiger partial charge < -0.3 is 60.6 Å². The maximum Gasteiger partial charge on any atom is 0.293 e. The van der Waals surface area contributed by atoms with Gasteiger partial charge in [-0.3, -0.25) is 23.3 Å². The highest BCUT2D eigenvalue weighted by Gasteiger charge is 2.61. The van der Waals surface area contributed by atoms with E-state index in [1.54, 1.807) is 28.3 Å². The second-order valence-electron chi connectivity index (χ2n) is 16.6. The highest BCUT2D eigenvalue weighted by molar-refractivity contribution is 5.83. The van der Waals surface area contributed by atoms with E-state index in [0.29, 0.717) is 53.2 Å². The van der Waals surface area contributed by atoms with Gasteiger partial charge in [-0.15, -0.1) is 0 Å². The van der Waals surface area contributed by atoms with Crippen LogP contribution in [0, 0.1) is 41.3 Å². The van der Waals surface area contributed by atoms with Gasteiger partial charge in [0.25, 0.3) is 22.7 Å². The van der Waals surface area contributed by atoms with Crippen molar-refractivity contribution in [3.63, 3.8) is 0 Å². The van der Waals surface area contributed by atoms with E-state index in [-0.39, 0.29) is 27.9 Å². The lowest BCUT2D eigenvalue weighted by Gasteiger charge is -2.19. The quantitative estimate of drug-likeness (QED) is 0.0550. The van der Waals surface area contributed by atoms with Crippen molar-refractivity contribution in [1.29, 1.82) is 16.6 Å². The predicted octanol–water partition coefficient (Wildman–Crippen LogP) is -0.369. The lowest BCUT2D eigenvalue weighted by molar-refractivity contribution is -0.126. The molecule has 12 atom stereocenters. The van der Waals surface area contributed by atoms with Crippen LogP contribution in [0.25, 0.3) is 33.5 Å². The van der Waals surface area contributed by atoms with Crippen molar-refractivity contribution in [3.8, 4) is 0 Å². The van der Waals surface area contributed by atoms with Crippen molar-refractivity contribution in [2.75, 3.05) is 25.6 Å². The van der Waals surface area contributed by atoms with E-state index in [1.165, 1.54) is 35.8 Å². The molecule has 0 unspecified atom stereocenters. The van der Waals surface area contributed by atoms with E-state index in [1.807, 2.05) is 20.8 Å². The Kier molecular flexibility index (Phi) is 14.7. The first-order valence-electron chi connectivity index (χ1n) is 21.8. The largest absolute Gasteiger partial charge is 0.397 e. The number of nitrogens with one attached hydrogen (secondary N) is 5. The number of aliphatic hydroxyl groups is 6. The van der Waals surface area contributed by atoms with Gasteiger partial charge in [0.15, 0.2) is 37.7 Å². The second kappa shape index (κ2) is 20.4. The number of pyridine rings is 2. The molecule has 31 nitrogen and oxygen atoms in total. The maximum atomic E-state index is 12.0. The molecule has 372 valence electrons. The number of nitrogen functional groups attached to an aromatic ring is 1. The predicted molar refractivity (Wildman–Crippen MR) is 236 cm³/mol. The normalized spacial score (nSPS) is 30.2. The smallest absolute Gasteiger partial charge is 0.293 e. The van der Waals surface area contributed by atoms with Crippen LogP contribution in [-0.2, 0) is 14.2 Å². The molecule has 6 aromatic heterocycles. The molecule has 0 saturated carbocycles. The number of aromatic nitrogens is 10. The van der Waals surface area contributed by atoms with E-state index >= 15 is 0 Å². The first kappa shape index (κ1) is 50.6. The minimum atomic E-state index is -1.72. The standard InChI is InChI=1S/C13H17N7O4.C13H18N7O3.C13H16N6O4/c1-3-7-9(22)13(4-21,18-19-14)24-12(7)20-5-15-8-10(20)16-6(2)17-11(8)23;1-2-7-10(22)13(5-21,18-19-15)23-12(7)20-6-17-9-8(14)3-4-16-11(9)20;1-2-7-10(22)13(5-20,17-18-14)23-12(7)19-6-16-9-8(21)3-4-15-11(9)19/h5,7,9,12,14,21-22H,3-4H2,1-2H3;3-4,6-7,10,12,15,21-22H,2,5H2,1H3,(H2,14,16);3-4,6-7,10,12,14,20,22H,2,5H2,1H3/q;+1;/p+2/t7-,9-,12+,13+;2*7-,10-,12+,13+/m000/s1. The monoisotopic (exact) mass is 977 g/mol. The van der Waals surface area contributed by atoms with Crippen LogP contribution in [0.5, 0.6) is 0 Å². The zero-order valence-electron chi connectivity index (χ0n) is 38.0. The van der Waals surface area contributed by atoms with Gasteiger partial charge in [0.2, 0.25) is 20.2 Å². The van der Waals surface area contributed by atoms with Gasteiger partial charge in [0, 0.05) is 36.2 Å². The number of nitrogens with zero attached hydrogens (tertiary/aromatic N) is 14. The lowest BCUT2D eigenvalue weighted by Crippen LogP contribution is -2.43. The van der Waals surface area contributed by atoms with Gasteiger partial charge >= 0.3 is 0 Å². The Morgan fingerprint density at radius 2 is 1.13 bits per heavy atom. The summed E-state index contributed by atoms with van der Waals surface area (Å²) in [5.74, 6) is -0.844. The minimum Gasteiger partial charge on any atom is -0.397 e. The van der Waals surface area contributed by atoms with Gasteiger partial charge in [0.05, 0.1) is 24.7 Å². The average molecular weight is 978 g/mol. The molecule has 0 radical (unpaired) electrons. The molecule has 3 fully saturated rings. The number of aromatic amines is 2. The fourth-order valence-corrected chi connectivity index (χ4v) is 9.14. The topological polar surface area (TPSA) is 471 Å². The van der Waals surface area contributed by atoms with Gasteiger partial charge in [-0.05, 0) is 32.3 Å². The zero-order valence-corrected chi connectivity index (χ0v) is 38.0. The molecule has 9 rings (SSSR count). The van der Waals surface area contributed by atoms with Crippen molar-refractivity contribution in [2.45, 2.75) is 101 Å². The van der Waals surface area contributed by atoms with E-state index in [2.05, 4.69) is 65.0 Å². The molecule has 9 heterocycles. The van der Waals surface area contributed by atoms with E-state index < -0.39 is 85.8 Å². The SMILES string of the molecule is CC[C@@H]1[C@H](n2cnc3c(=O)[nH]c(C)nc32)O[C@@](CO)(N=[N+]=N)[C@H]1O.CC[C@@H]1[C@H](n2cnc3c(=O)cc[nH]c32)O[C@@](CO)(N=[N+]=N)[C@H]1O.CC[C@@H]1[C@H](n2cnc3c(N)ccnc32)O[C@@](CO)(N=[N+]=N)[C@H]1O. The van der Waals surface area contributed by atoms with Crippen molar-refractivity contribution < 1.29 is 44.8 Å². The summed E-state index contributed by atoms with van der Waals surface area (Å²) in [5.41, 5.74) is 23.6. The molecule has 0 amide bonds. The van der Waals surface area contributed by atoms with Gasteiger partial charge in [-0.25, -0.2) is 24.9 Å². The Bertz CT molecular complexity index is 3120. The molecular formula is C39H53N20O11+3. The molecule has 0 bridgehead atoms. The average Bonchev–Trinajstić information content (AvgIpc) is 4.21. The fourth-order valence-electron chi connectivity index (χ4n) is 9.14. The Morgan fingerprint density at radius 1 is 0.686 bits per heavy atom. The minimum absolute atomic E-state index is 0.150. The molecule has 6 aromatic rings. The molecule has 70 heavy (non-hydrogen) atoms. The molecular weight excluding hydrogens is 925 g/mol. The number of aliphatic hydroxyl groups excluding tert-OH is 6. The van der Waals surface area contributed by atoms with Crippen molar-refractivity contribution in [2.24, 2.45) is 33.1 Å². The fraction of sp³-hybridized carbons (Fsp3) is 0.564. The number of ether oxygens (including phenoxy) is 3. The number of nitrogens with two attached hydrogens (primary N) is 1. The molecule has 0 spiro atoms. The Hall–Kier alpha value is -7.24. The summed E-state index contributed by atoms with van der Waals surface area (Å²) in [6.45, 7) is 5.39. The third kappa shape index (κ3) is 8.50. The number of hydrogen-bond acceptors (Lipinski definition) is 23. The summed E-state index contributed by atoms with van der Waals surface area (Å²) in [6.07, 6.45) is 3.44. The van der Waals surface area contributed by atoms with E-state index in [0.717, 1.165) is 0 Å². The number of rotatable bonds is 12. The third-order valence-corrected chi connectivity index (χ3v) is 12.8. The van der Waals surface area contributed by atoms with Crippen LogP contribution < -0.4 is 31.5 Å². The number of aryl methyl sites for hydroxylation is 1. The first-order valence-corrected chi connectivity index (χ1v) is 21.8. The van der Waals surface area contributed by atoms with Gasteiger partial charge in [-0.2, -0.15) is 0 Å². The Morgan fingerprint density at radius 3 is 1.60 bits per heavy atom. The van der Waals surface area contributed by atoms with Crippen molar-refractivity contribution in [1.82, 2.24) is 63.3 Å². The maximum absolute atomic E-state index is 12.0. The van der Waals surface area contributed by atoms with Crippen LogP contribution in [0.15, 0.2) is 68.4 Å². The van der Waals surface area contributed by atoms with Crippen molar-refractivity contribution >= 4 is 39.2 Å². The number of anilines is 1. The van der Waals surface area contributed by atoms with E-state index in [4.69, 9.17) is 36.5 Å². The summed E-state index contributed by atoms with van der Waals surface area (Å²) in [7, 11) is 0. The van der Waals surface area contributed by atoms with Crippen LogP contribution >= 0.6 is 0 Å². The number of imidazole rings is 3. The lowest BCUT2D eigenvalue weighted by atomic mass is 9.94. The molecule has 3 aliphatic rings. The summed E-state index contributed by atoms with van der Waals surface area (Å²) >= 11 is 0. The molecule has 3 saturated heterocycles. The summed E-state index contributed by atoms with van der Waals surface area (Å²) in [5, 5.41) is 71.2. The van der Waals surface area contributed by atoms with Crippen LogP contribution in [0.4, 0.5) is 5.69 Å². The third-order valence-electron chi connectivity index (χ3n) is 12.8. The van der Waals surface area contributed by atoms with Gasteiger partial charge in [0.1, 0.15) is 90.4 Å². The summed E-state index contributed by atoms with van der Waals surface area (Å²) in [6, 6.07) is 3.02. The van der Waals surface area contributed by atoms with Crippen molar-refractivity contribution in [3.05, 3.63) is 69.9 Å². The number of H-pyrrole nitrogens is 2. The second-order valence-corrected chi connectivity index (χ2v) is 16.6.